The molecule has 1 aliphatic carbocycles. The fraction of sp³-hybridized carbons (Fsp3) is 0.625. The van der Waals surface area contributed by atoms with E-state index >= 15 is 0 Å². The quantitative estimate of drug-likeness (QED) is 0.890. The predicted octanol–water partition coefficient (Wildman–Crippen LogP) is 1.57. The number of rotatable bonds is 4. The van der Waals surface area contributed by atoms with Gasteiger partial charge in [-0.2, -0.15) is 0 Å². The molecule has 0 bridgehead atoms. The number of likely N-dealkylation sites (N-methyl/N-ethyl adjacent to an activating group) is 1. The van der Waals surface area contributed by atoms with Crippen LogP contribution in [-0.4, -0.2) is 53.7 Å². The molecule has 3 heteroatoms. The summed E-state index contributed by atoms with van der Waals surface area (Å²) in [5.41, 5.74) is 1.57. The number of benzene rings is 1. The summed E-state index contributed by atoms with van der Waals surface area (Å²) in [6, 6.07) is 10.9. The van der Waals surface area contributed by atoms with Gasteiger partial charge in [0.25, 0.3) is 0 Å². The molecule has 0 unspecified atom stereocenters. The third-order valence-corrected chi connectivity index (χ3v) is 5.14. The average molecular weight is 260 g/mol. The molecule has 3 nitrogen and oxygen atoms in total. The highest BCUT2D eigenvalue weighted by Gasteiger charge is 2.63. The van der Waals surface area contributed by atoms with Gasteiger partial charge in [0.15, 0.2) is 0 Å². The summed E-state index contributed by atoms with van der Waals surface area (Å²) in [5, 5.41) is 9.88. The maximum Gasteiger partial charge on any atom is 0.0605 e. The van der Waals surface area contributed by atoms with Crippen molar-refractivity contribution < 1.29 is 5.11 Å². The van der Waals surface area contributed by atoms with Gasteiger partial charge in [-0.3, -0.25) is 4.90 Å². The van der Waals surface area contributed by atoms with Crippen molar-refractivity contribution in [2.45, 2.75) is 31.0 Å². The SMILES string of the molecule is CN(C)[C@@]12C[C@@H]1CCN(Cc1ccccc1)[C@H]2CO. The molecule has 1 aromatic rings. The lowest BCUT2D eigenvalue weighted by atomic mass is 9.94. The van der Waals surface area contributed by atoms with Crippen molar-refractivity contribution in [2.24, 2.45) is 5.92 Å². The first kappa shape index (κ1) is 13.1. The molecule has 104 valence electrons. The highest BCUT2D eigenvalue weighted by atomic mass is 16.3. The van der Waals surface area contributed by atoms with Crippen molar-refractivity contribution in [1.82, 2.24) is 9.80 Å². The number of hydrogen-bond acceptors (Lipinski definition) is 3. The van der Waals surface area contributed by atoms with E-state index in [0.717, 1.165) is 19.0 Å². The second-order valence-corrected chi connectivity index (χ2v) is 6.23. The maximum absolute atomic E-state index is 9.88. The topological polar surface area (TPSA) is 26.7 Å². The largest absolute Gasteiger partial charge is 0.395 e. The van der Waals surface area contributed by atoms with E-state index in [9.17, 15) is 5.11 Å². The highest BCUT2D eigenvalue weighted by molar-refractivity contribution is 5.21. The minimum absolute atomic E-state index is 0.224. The molecule has 3 atom stereocenters. The van der Waals surface area contributed by atoms with E-state index < -0.39 is 0 Å². The Morgan fingerprint density at radius 2 is 2.05 bits per heavy atom. The van der Waals surface area contributed by atoms with E-state index in [4.69, 9.17) is 0 Å². The zero-order valence-corrected chi connectivity index (χ0v) is 11.9. The minimum Gasteiger partial charge on any atom is -0.395 e. The number of likely N-dealkylation sites (tertiary alicyclic amines) is 1. The third kappa shape index (κ3) is 2.10. The van der Waals surface area contributed by atoms with Crippen LogP contribution in [0.15, 0.2) is 30.3 Å². The molecular weight excluding hydrogens is 236 g/mol. The van der Waals surface area contributed by atoms with E-state index in [-0.39, 0.29) is 18.2 Å². The molecule has 1 aromatic carbocycles. The predicted molar refractivity (Wildman–Crippen MR) is 76.9 cm³/mol. The summed E-state index contributed by atoms with van der Waals surface area (Å²) in [6.07, 6.45) is 2.51. The molecule has 19 heavy (non-hydrogen) atoms. The lowest BCUT2D eigenvalue weighted by molar-refractivity contribution is 0.0103. The van der Waals surface area contributed by atoms with Crippen LogP contribution in [0.2, 0.25) is 0 Å². The van der Waals surface area contributed by atoms with Crippen LogP contribution in [0.1, 0.15) is 18.4 Å². The van der Waals surface area contributed by atoms with Crippen molar-refractivity contribution in [2.75, 3.05) is 27.2 Å². The molecule has 0 amide bonds. The first-order chi connectivity index (χ1) is 9.18. The van der Waals surface area contributed by atoms with Crippen molar-refractivity contribution in [3.05, 3.63) is 35.9 Å². The van der Waals surface area contributed by atoms with E-state index in [2.05, 4.69) is 54.2 Å². The average Bonchev–Trinajstić information content (AvgIpc) is 3.15. The molecule has 1 aliphatic heterocycles. The smallest absolute Gasteiger partial charge is 0.0605 e. The van der Waals surface area contributed by atoms with Crippen LogP contribution in [-0.2, 0) is 6.54 Å². The van der Waals surface area contributed by atoms with Crippen molar-refractivity contribution in [3.63, 3.8) is 0 Å². The van der Waals surface area contributed by atoms with Crippen molar-refractivity contribution in [1.29, 1.82) is 0 Å². The Balaban J connectivity index is 1.78. The van der Waals surface area contributed by atoms with Gasteiger partial charge >= 0.3 is 0 Å². The van der Waals surface area contributed by atoms with Gasteiger partial charge in [-0.15, -0.1) is 0 Å². The van der Waals surface area contributed by atoms with Gasteiger partial charge in [0, 0.05) is 12.1 Å². The Morgan fingerprint density at radius 1 is 1.32 bits per heavy atom. The fourth-order valence-corrected chi connectivity index (χ4v) is 4.02. The monoisotopic (exact) mass is 260 g/mol. The number of nitrogens with zero attached hydrogens (tertiary/aromatic N) is 2. The highest BCUT2D eigenvalue weighted by Crippen LogP contribution is 2.56. The third-order valence-electron chi connectivity index (χ3n) is 5.14. The van der Waals surface area contributed by atoms with Crippen LogP contribution in [0.3, 0.4) is 0 Å². The number of fused-ring (bicyclic) bond motifs is 1. The van der Waals surface area contributed by atoms with Crippen LogP contribution in [0.5, 0.6) is 0 Å². The standard InChI is InChI=1S/C16H24N2O/c1-17(2)16-10-14(16)8-9-18(15(16)12-19)11-13-6-4-3-5-7-13/h3-7,14-15,19H,8-12H2,1-2H3/t14-,15-,16-/m0/s1. The number of piperidine rings is 1. The fourth-order valence-electron chi connectivity index (χ4n) is 4.02. The Kier molecular flexibility index (Phi) is 3.37. The van der Waals surface area contributed by atoms with E-state index in [1.807, 2.05) is 0 Å². The lowest BCUT2D eigenvalue weighted by Crippen LogP contribution is -2.57. The van der Waals surface area contributed by atoms with E-state index in [0.29, 0.717) is 0 Å². The molecule has 2 aliphatic rings. The van der Waals surface area contributed by atoms with Crippen molar-refractivity contribution >= 4 is 0 Å². The Bertz CT molecular complexity index is 434. The molecule has 0 spiro atoms. The summed E-state index contributed by atoms with van der Waals surface area (Å²) in [7, 11) is 4.32. The Morgan fingerprint density at radius 3 is 2.68 bits per heavy atom. The molecule has 1 heterocycles. The molecule has 0 radical (unpaired) electrons. The molecule has 0 aromatic heterocycles. The van der Waals surface area contributed by atoms with Crippen LogP contribution in [0.25, 0.3) is 0 Å². The van der Waals surface area contributed by atoms with Crippen molar-refractivity contribution in [3.8, 4) is 0 Å². The molecule has 1 saturated heterocycles. The van der Waals surface area contributed by atoms with E-state index in [1.165, 1.54) is 18.4 Å². The molecule has 1 saturated carbocycles. The van der Waals surface area contributed by atoms with Gasteiger partial charge in [-0.25, -0.2) is 0 Å². The normalized spacial score (nSPS) is 34.3. The first-order valence-electron chi connectivity index (χ1n) is 7.24. The second kappa shape index (κ2) is 4.89. The Labute approximate surface area is 115 Å². The summed E-state index contributed by atoms with van der Waals surface area (Å²) >= 11 is 0. The van der Waals surface area contributed by atoms with Gasteiger partial charge < -0.3 is 10.0 Å². The van der Waals surface area contributed by atoms with E-state index in [1.54, 1.807) is 0 Å². The molecular formula is C16H24N2O. The van der Waals surface area contributed by atoms with Gasteiger partial charge in [0.2, 0.25) is 0 Å². The maximum atomic E-state index is 9.88. The number of hydrogen-bond donors (Lipinski definition) is 1. The van der Waals surface area contributed by atoms with Gasteiger partial charge in [-0.1, -0.05) is 30.3 Å². The zero-order chi connectivity index (χ0) is 13.5. The lowest BCUT2D eigenvalue weighted by Gasteiger charge is -2.44. The molecule has 2 fully saturated rings. The summed E-state index contributed by atoms with van der Waals surface area (Å²) in [6.45, 7) is 2.33. The van der Waals surface area contributed by atoms with Crippen LogP contribution >= 0.6 is 0 Å². The first-order valence-corrected chi connectivity index (χ1v) is 7.24. The summed E-state index contributed by atoms with van der Waals surface area (Å²) < 4.78 is 0. The second-order valence-electron chi connectivity index (χ2n) is 6.23. The van der Waals surface area contributed by atoms with Crippen LogP contribution < -0.4 is 0 Å². The molecule has 1 N–H and O–H groups in total. The van der Waals surface area contributed by atoms with Gasteiger partial charge in [0.05, 0.1) is 12.6 Å². The minimum atomic E-state index is 0.224. The number of aliphatic hydroxyl groups is 1. The molecule has 3 rings (SSSR count). The number of aliphatic hydroxyl groups excluding tert-OH is 1. The van der Waals surface area contributed by atoms with Crippen LogP contribution in [0, 0.1) is 5.92 Å². The van der Waals surface area contributed by atoms with Gasteiger partial charge in [-0.05, 0) is 45.0 Å². The zero-order valence-electron chi connectivity index (χ0n) is 11.9. The summed E-state index contributed by atoms with van der Waals surface area (Å²) in [5.74, 6) is 0.784. The summed E-state index contributed by atoms with van der Waals surface area (Å²) in [4.78, 5) is 4.81. The Hall–Kier alpha value is -0.900. The van der Waals surface area contributed by atoms with Crippen LogP contribution in [0.4, 0.5) is 0 Å². The van der Waals surface area contributed by atoms with Gasteiger partial charge in [0.1, 0.15) is 0 Å².